The molecule has 2 rings (SSSR count). The lowest BCUT2D eigenvalue weighted by Crippen LogP contribution is -2.06. The maximum absolute atomic E-state index is 10.5. The molecule has 2 aromatic heterocycles. The summed E-state index contributed by atoms with van der Waals surface area (Å²) < 4.78 is 1.62. The van der Waals surface area contributed by atoms with Crippen molar-refractivity contribution in [3.63, 3.8) is 0 Å². The minimum atomic E-state index is -0.652. The molecule has 0 saturated carbocycles. The monoisotopic (exact) mass is 327 g/mol. The van der Waals surface area contributed by atoms with Crippen LogP contribution < -0.4 is 5.32 Å². The van der Waals surface area contributed by atoms with Gasteiger partial charge in [0.15, 0.2) is 0 Å². The van der Waals surface area contributed by atoms with E-state index in [-0.39, 0.29) is 11.3 Å². The summed E-state index contributed by atoms with van der Waals surface area (Å²) in [7, 11) is 0. The Morgan fingerprint density at radius 1 is 1.47 bits per heavy atom. The molecule has 10 heteroatoms. The molecule has 0 saturated heterocycles. The lowest BCUT2D eigenvalue weighted by Gasteiger charge is -2.02. The van der Waals surface area contributed by atoms with Gasteiger partial charge < -0.3 is 15.4 Å². The number of nitro groups is 1. The van der Waals surface area contributed by atoms with Crippen molar-refractivity contribution in [1.29, 1.82) is 0 Å². The van der Waals surface area contributed by atoms with Crippen molar-refractivity contribution in [2.45, 2.75) is 13.5 Å². The maximum Gasteiger partial charge on any atom is 0.492 e. The number of nitrogens with zero attached hydrogens (tertiary/aromatic N) is 6. The quantitative estimate of drug-likeness (QED) is 0.648. The Balaban J connectivity index is 2.14. The third-order valence-corrected chi connectivity index (χ3v) is 2.74. The Morgan fingerprint density at radius 3 is 2.79 bits per heavy atom. The molecule has 0 amide bonds. The second kappa shape index (κ2) is 5.69. The van der Waals surface area contributed by atoms with Crippen LogP contribution in [-0.4, -0.2) is 36.2 Å². The van der Waals surface area contributed by atoms with Crippen molar-refractivity contribution in [2.24, 2.45) is 0 Å². The van der Waals surface area contributed by atoms with Crippen LogP contribution in [0.3, 0.4) is 0 Å². The van der Waals surface area contributed by atoms with Crippen molar-refractivity contribution in [1.82, 2.24) is 24.7 Å². The number of rotatable bonds is 5. The van der Waals surface area contributed by atoms with Crippen LogP contribution in [0.4, 0.5) is 11.8 Å². The normalized spacial score (nSPS) is 10.4. The fourth-order valence-electron chi connectivity index (χ4n) is 1.35. The molecular weight excluding hydrogens is 318 g/mol. The number of hydrogen-bond donors (Lipinski definition) is 1. The first-order chi connectivity index (χ1) is 9.10. The molecule has 9 nitrogen and oxygen atoms in total. The summed E-state index contributed by atoms with van der Waals surface area (Å²) >= 11 is 3.11. The highest BCUT2D eigenvalue weighted by atomic mass is 79.9. The lowest BCUT2D eigenvalue weighted by molar-refractivity contribution is -0.394. The SMILES string of the molecule is CCNc1cnc(Cn2nc([N+](=O)[O-])nc2Br)cn1. The Labute approximate surface area is 116 Å². The molecule has 0 aliphatic heterocycles. The van der Waals surface area contributed by atoms with Gasteiger partial charge in [-0.15, -0.1) is 0 Å². The Bertz CT molecular complexity index is 583. The molecule has 0 aliphatic rings. The number of aromatic nitrogens is 5. The van der Waals surface area contributed by atoms with Crippen LogP contribution in [0, 0.1) is 10.1 Å². The van der Waals surface area contributed by atoms with Gasteiger partial charge in [-0.3, -0.25) is 4.98 Å². The number of hydrogen-bond acceptors (Lipinski definition) is 7. The molecule has 100 valence electrons. The van der Waals surface area contributed by atoms with E-state index in [0.717, 1.165) is 6.54 Å². The number of nitrogens with one attached hydrogen (secondary N) is 1. The van der Waals surface area contributed by atoms with E-state index in [9.17, 15) is 10.1 Å². The third-order valence-electron chi connectivity index (χ3n) is 2.15. The van der Waals surface area contributed by atoms with E-state index in [0.29, 0.717) is 11.5 Å². The van der Waals surface area contributed by atoms with E-state index < -0.39 is 10.9 Å². The van der Waals surface area contributed by atoms with E-state index in [1.165, 1.54) is 4.68 Å². The van der Waals surface area contributed by atoms with E-state index in [4.69, 9.17) is 0 Å². The second-order valence-corrected chi connectivity index (χ2v) is 4.23. The van der Waals surface area contributed by atoms with E-state index in [1.807, 2.05) is 6.92 Å². The molecular formula is C9H10BrN7O2. The van der Waals surface area contributed by atoms with Crippen molar-refractivity contribution in [3.05, 3.63) is 32.9 Å². The van der Waals surface area contributed by atoms with Crippen LogP contribution in [0.5, 0.6) is 0 Å². The molecule has 0 atom stereocenters. The van der Waals surface area contributed by atoms with Crippen LogP contribution in [0.2, 0.25) is 0 Å². The van der Waals surface area contributed by atoms with Crippen molar-refractivity contribution < 1.29 is 4.92 Å². The summed E-state index contributed by atoms with van der Waals surface area (Å²) in [6.07, 6.45) is 3.18. The minimum Gasteiger partial charge on any atom is -0.390 e. The second-order valence-electron chi connectivity index (χ2n) is 3.52. The summed E-state index contributed by atoms with van der Waals surface area (Å²) in [4.78, 5) is 21.9. The Kier molecular flexibility index (Phi) is 4.00. The van der Waals surface area contributed by atoms with Gasteiger partial charge in [0.05, 0.1) is 18.1 Å². The zero-order chi connectivity index (χ0) is 13.8. The topological polar surface area (TPSA) is 112 Å². The van der Waals surface area contributed by atoms with Gasteiger partial charge in [-0.2, -0.15) is 4.68 Å². The average Bonchev–Trinajstić information content (AvgIpc) is 2.74. The van der Waals surface area contributed by atoms with Crippen molar-refractivity contribution in [3.8, 4) is 0 Å². The van der Waals surface area contributed by atoms with Crippen molar-refractivity contribution >= 4 is 27.7 Å². The summed E-state index contributed by atoms with van der Waals surface area (Å²) in [5.41, 5.74) is 0.627. The first kappa shape index (κ1) is 13.3. The Hall–Kier alpha value is -2.10. The summed E-state index contributed by atoms with van der Waals surface area (Å²) in [6.45, 7) is 2.97. The molecule has 0 spiro atoms. The van der Waals surface area contributed by atoms with Gasteiger partial charge in [-0.25, -0.2) is 4.98 Å². The zero-order valence-corrected chi connectivity index (χ0v) is 11.5. The first-order valence-corrected chi connectivity index (χ1v) is 6.19. The van der Waals surface area contributed by atoms with Gasteiger partial charge in [0, 0.05) is 27.6 Å². The summed E-state index contributed by atoms with van der Waals surface area (Å²) in [5, 5.41) is 17.3. The van der Waals surface area contributed by atoms with Crippen LogP contribution >= 0.6 is 15.9 Å². The molecule has 1 N–H and O–H groups in total. The molecule has 2 heterocycles. The van der Waals surface area contributed by atoms with Crippen LogP contribution in [0.15, 0.2) is 17.1 Å². The predicted octanol–water partition coefficient (Wildman–Crippen LogP) is 1.22. The zero-order valence-electron chi connectivity index (χ0n) is 9.95. The smallest absolute Gasteiger partial charge is 0.390 e. The minimum absolute atomic E-state index is 0.251. The average molecular weight is 328 g/mol. The molecule has 2 aromatic rings. The molecule has 0 aromatic carbocycles. The van der Waals surface area contributed by atoms with Gasteiger partial charge >= 0.3 is 5.95 Å². The van der Waals surface area contributed by atoms with E-state index in [2.05, 4.69) is 41.3 Å². The predicted molar refractivity (Wildman–Crippen MR) is 69.7 cm³/mol. The first-order valence-electron chi connectivity index (χ1n) is 5.39. The van der Waals surface area contributed by atoms with Gasteiger partial charge in [0.25, 0.3) is 4.73 Å². The maximum atomic E-state index is 10.5. The van der Waals surface area contributed by atoms with E-state index >= 15 is 0 Å². The van der Waals surface area contributed by atoms with Gasteiger partial charge in [0.2, 0.25) is 0 Å². The Morgan fingerprint density at radius 2 is 2.26 bits per heavy atom. The third kappa shape index (κ3) is 3.22. The van der Waals surface area contributed by atoms with Crippen LogP contribution in [0.1, 0.15) is 12.6 Å². The number of halogens is 1. The van der Waals surface area contributed by atoms with E-state index in [1.54, 1.807) is 12.4 Å². The van der Waals surface area contributed by atoms with Gasteiger partial charge in [-0.1, -0.05) is 0 Å². The molecule has 0 aliphatic carbocycles. The molecule has 0 bridgehead atoms. The highest BCUT2D eigenvalue weighted by Gasteiger charge is 2.19. The largest absolute Gasteiger partial charge is 0.492 e. The summed E-state index contributed by atoms with van der Waals surface area (Å²) in [5.74, 6) is 0.221. The van der Waals surface area contributed by atoms with Crippen LogP contribution in [0.25, 0.3) is 0 Å². The number of anilines is 1. The van der Waals surface area contributed by atoms with Gasteiger partial charge in [-0.05, 0) is 16.8 Å². The standard InChI is InChI=1S/C9H10BrN7O2/c1-2-11-7-4-12-6(3-13-7)5-16-8(10)14-9(15-16)17(18)19/h3-4H,2,5H2,1H3,(H,11,13). The highest BCUT2D eigenvalue weighted by Crippen LogP contribution is 2.13. The fraction of sp³-hybridized carbons (Fsp3) is 0.333. The fourth-order valence-corrected chi connectivity index (χ4v) is 1.72. The lowest BCUT2D eigenvalue weighted by atomic mass is 10.4. The molecule has 0 fully saturated rings. The summed E-state index contributed by atoms with van der Waals surface area (Å²) in [6, 6.07) is 0. The van der Waals surface area contributed by atoms with Gasteiger partial charge in [0.1, 0.15) is 12.4 Å². The molecule has 19 heavy (non-hydrogen) atoms. The highest BCUT2D eigenvalue weighted by molar-refractivity contribution is 9.10. The molecule has 0 radical (unpaired) electrons. The molecule has 0 unspecified atom stereocenters. The van der Waals surface area contributed by atoms with Crippen molar-refractivity contribution in [2.75, 3.05) is 11.9 Å². The van der Waals surface area contributed by atoms with Crippen LogP contribution in [-0.2, 0) is 6.54 Å².